The summed E-state index contributed by atoms with van der Waals surface area (Å²) in [6.45, 7) is 4.42. The summed E-state index contributed by atoms with van der Waals surface area (Å²) in [6.07, 6.45) is 5.34. The Kier molecular flexibility index (Phi) is 7.49. The molecule has 0 bridgehead atoms. The zero-order chi connectivity index (χ0) is 19.6. The second-order valence-corrected chi connectivity index (χ2v) is 6.10. The lowest BCUT2D eigenvalue weighted by Crippen LogP contribution is -2.34. The molecule has 0 saturated carbocycles. The minimum absolute atomic E-state index is 0.105. The van der Waals surface area contributed by atoms with Gasteiger partial charge in [0.1, 0.15) is 11.5 Å². The van der Waals surface area contributed by atoms with Gasteiger partial charge in [-0.3, -0.25) is 9.59 Å². The summed E-state index contributed by atoms with van der Waals surface area (Å²) in [4.78, 5) is 24.6. The predicted molar refractivity (Wildman–Crippen MR) is 106 cm³/mol. The maximum Gasteiger partial charge on any atom is 0.267 e. The first-order valence-electron chi connectivity index (χ1n) is 8.79. The van der Waals surface area contributed by atoms with Gasteiger partial charge in [-0.05, 0) is 48.8 Å². The molecule has 0 radical (unpaired) electrons. The smallest absolute Gasteiger partial charge is 0.267 e. The van der Waals surface area contributed by atoms with Crippen LogP contribution in [-0.4, -0.2) is 18.4 Å². The SMILES string of the molecule is CCCNC(=O)/C(=C/c1ccc(F)cc1)NC(=O)/C=C/c1ccc(C)cc1. The van der Waals surface area contributed by atoms with E-state index in [1.807, 2.05) is 38.1 Å². The van der Waals surface area contributed by atoms with Gasteiger partial charge in [-0.1, -0.05) is 48.9 Å². The Morgan fingerprint density at radius 1 is 1.00 bits per heavy atom. The Labute approximate surface area is 158 Å². The van der Waals surface area contributed by atoms with E-state index in [1.54, 1.807) is 6.08 Å². The number of carbonyl (C=O) groups excluding carboxylic acids is 2. The summed E-state index contributed by atoms with van der Waals surface area (Å²) >= 11 is 0. The number of rotatable bonds is 7. The van der Waals surface area contributed by atoms with Crippen molar-refractivity contribution in [3.8, 4) is 0 Å². The van der Waals surface area contributed by atoms with Crippen LogP contribution in [0.3, 0.4) is 0 Å². The Bertz CT molecular complexity index is 838. The van der Waals surface area contributed by atoms with Gasteiger partial charge in [0.2, 0.25) is 5.91 Å². The van der Waals surface area contributed by atoms with Crippen molar-refractivity contribution in [3.63, 3.8) is 0 Å². The van der Waals surface area contributed by atoms with Crippen molar-refractivity contribution in [1.29, 1.82) is 0 Å². The van der Waals surface area contributed by atoms with E-state index in [2.05, 4.69) is 10.6 Å². The van der Waals surface area contributed by atoms with Gasteiger partial charge < -0.3 is 10.6 Å². The van der Waals surface area contributed by atoms with Crippen molar-refractivity contribution in [2.24, 2.45) is 0 Å². The van der Waals surface area contributed by atoms with Crippen LogP contribution in [0.1, 0.15) is 30.0 Å². The maximum atomic E-state index is 13.1. The normalized spacial score (nSPS) is 11.4. The van der Waals surface area contributed by atoms with Gasteiger partial charge in [0.05, 0.1) is 0 Å². The molecule has 0 aromatic heterocycles. The third kappa shape index (κ3) is 6.90. The standard InChI is InChI=1S/C22H23FN2O2/c1-3-14-24-22(27)20(15-18-8-11-19(23)12-9-18)25-21(26)13-10-17-6-4-16(2)5-7-17/h4-13,15H,3,14H2,1-2H3,(H,24,27)(H,25,26)/b13-10+,20-15-. The van der Waals surface area contributed by atoms with Gasteiger partial charge in [0.15, 0.2) is 0 Å². The zero-order valence-electron chi connectivity index (χ0n) is 15.5. The van der Waals surface area contributed by atoms with Crippen molar-refractivity contribution in [2.45, 2.75) is 20.3 Å². The molecule has 27 heavy (non-hydrogen) atoms. The van der Waals surface area contributed by atoms with Gasteiger partial charge in [0.25, 0.3) is 5.91 Å². The Hall–Kier alpha value is -3.21. The van der Waals surface area contributed by atoms with Gasteiger partial charge in [-0.15, -0.1) is 0 Å². The molecule has 140 valence electrons. The van der Waals surface area contributed by atoms with Crippen LogP contribution in [0.5, 0.6) is 0 Å². The number of hydrogen-bond acceptors (Lipinski definition) is 2. The molecule has 2 aromatic carbocycles. The molecule has 0 unspecified atom stereocenters. The minimum atomic E-state index is -0.421. The molecule has 2 amide bonds. The first-order chi connectivity index (χ1) is 13.0. The van der Waals surface area contributed by atoms with Crippen LogP contribution >= 0.6 is 0 Å². The molecule has 0 atom stereocenters. The average molecular weight is 366 g/mol. The quantitative estimate of drug-likeness (QED) is 0.732. The van der Waals surface area contributed by atoms with E-state index >= 15 is 0 Å². The van der Waals surface area contributed by atoms with Gasteiger partial charge in [0, 0.05) is 12.6 Å². The predicted octanol–water partition coefficient (Wildman–Crippen LogP) is 3.83. The summed E-state index contributed by atoms with van der Waals surface area (Å²) in [5.41, 5.74) is 2.73. The third-order valence-corrected chi connectivity index (χ3v) is 3.72. The summed E-state index contributed by atoms with van der Waals surface area (Å²) in [5.74, 6) is -1.18. The highest BCUT2D eigenvalue weighted by Gasteiger charge is 2.11. The fraction of sp³-hybridized carbons (Fsp3) is 0.182. The molecule has 0 aliphatic rings. The third-order valence-electron chi connectivity index (χ3n) is 3.72. The summed E-state index contributed by atoms with van der Waals surface area (Å²) < 4.78 is 13.1. The van der Waals surface area contributed by atoms with Crippen LogP contribution < -0.4 is 10.6 Å². The number of aryl methyl sites for hydroxylation is 1. The second kappa shape index (κ2) is 10.1. The van der Waals surface area contributed by atoms with Crippen LogP contribution in [0, 0.1) is 12.7 Å². The molecule has 0 aliphatic heterocycles. The molecule has 0 saturated heterocycles. The fourth-order valence-electron chi connectivity index (χ4n) is 2.24. The highest BCUT2D eigenvalue weighted by atomic mass is 19.1. The van der Waals surface area contributed by atoms with Gasteiger partial charge >= 0.3 is 0 Å². The first-order valence-corrected chi connectivity index (χ1v) is 8.79. The monoisotopic (exact) mass is 366 g/mol. The second-order valence-electron chi connectivity index (χ2n) is 6.10. The van der Waals surface area contributed by atoms with Crippen LogP contribution in [0.2, 0.25) is 0 Å². The molecule has 0 heterocycles. The highest BCUT2D eigenvalue weighted by Crippen LogP contribution is 2.08. The molecule has 0 fully saturated rings. The number of benzene rings is 2. The van der Waals surface area contributed by atoms with Gasteiger partial charge in [-0.25, -0.2) is 4.39 Å². The number of nitrogens with one attached hydrogen (secondary N) is 2. The van der Waals surface area contributed by atoms with E-state index in [1.165, 1.54) is 36.4 Å². The van der Waals surface area contributed by atoms with Crippen LogP contribution in [-0.2, 0) is 9.59 Å². The summed E-state index contributed by atoms with van der Waals surface area (Å²) in [5, 5.41) is 5.33. The lowest BCUT2D eigenvalue weighted by molar-refractivity contribution is -0.121. The number of carbonyl (C=O) groups is 2. The Morgan fingerprint density at radius 2 is 1.63 bits per heavy atom. The van der Waals surface area contributed by atoms with Crippen molar-refractivity contribution in [1.82, 2.24) is 10.6 Å². The van der Waals surface area contributed by atoms with Crippen molar-refractivity contribution < 1.29 is 14.0 Å². The largest absolute Gasteiger partial charge is 0.351 e. The van der Waals surface area contributed by atoms with Crippen molar-refractivity contribution in [2.75, 3.05) is 6.54 Å². The molecule has 4 nitrogen and oxygen atoms in total. The Morgan fingerprint density at radius 3 is 2.26 bits per heavy atom. The van der Waals surface area contributed by atoms with E-state index in [0.717, 1.165) is 17.5 Å². The van der Waals surface area contributed by atoms with Crippen molar-refractivity contribution >= 4 is 24.0 Å². The molecule has 2 N–H and O–H groups in total. The van der Waals surface area contributed by atoms with E-state index < -0.39 is 11.8 Å². The molecule has 2 aromatic rings. The molecule has 0 aliphatic carbocycles. The Balaban J connectivity index is 2.14. The van der Waals surface area contributed by atoms with E-state index in [4.69, 9.17) is 0 Å². The average Bonchev–Trinajstić information content (AvgIpc) is 2.66. The topological polar surface area (TPSA) is 58.2 Å². The van der Waals surface area contributed by atoms with E-state index in [0.29, 0.717) is 12.1 Å². The van der Waals surface area contributed by atoms with Gasteiger partial charge in [-0.2, -0.15) is 0 Å². The molecule has 5 heteroatoms. The maximum absolute atomic E-state index is 13.1. The number of halogens is 1. The van der Waals surface area contributed by atoms with Crippen LogP contribution in [0.25, 0.3) is 12.2 Å². The molecule has 2 rings (SSSR count). The fourth-order valence-corrected chi connectivity index (χ4v) is 2.24. The summed E-state index contributed by atoms with van der Waals surface area (Å²) in [6, 6.07) is 13.4. The minimum Gasteiger partial charge on any atom is -0.351 e. The molecule has 0 spiro atoms. The van der Waals surface area contributed by atoms with Crippen LogP contribution in [0.15, 0.2) is 60.3 Å². The van der Waals surface area contributed by atoms with E-state index in [9.17, 15) is 14.0 Å². The first kappa shape index (κ1) is 20.1. The highest BCUT2D eigenvalue weighted by molar-refractivity contribution is 6.04. The summed E-state index contributed by atoms with van der Waals surface area (Å²) in [7, 11) is 0. The zero-order valence-corrected chi connectivity index (χ0v) is 15.5. The lowest BCUT2D eigenvalue weighted by Gasteiger charge is -2.09. The van der Waals surface area contributed by atoms with Crippen molar-refractivity contribution in [3.05, 3.63) is 82.8 Å². The number of hydrogen-bond donors (Lipinski definition) is 2. The van der Waals surface area contributed by atoms with Crippen LogP contribution in [0.4, 0.5) is 4.39 Å². The number of amides is 2. The molecular formula is C22H23FN2O2. The lowest BCUT2D eigenvalue weighted by atomic mass is 10.1. The van der Waals surface area contributed by atoms with E-state index in [-0.39, 0.29) is 11.5 Å². The molecular weight excluding hydrogens is 343 g/mol.